The van der Waals surface area contributed by atoms with Gasteiger partial charge in [-0.3, -0.25) is 0 Å². The summed E-state index contributed by atoms with van der Waals surface area (Å²) in [5.41, 5.74) is 0.755. The van der Waals surface area contributed by atoms with Gasteiger partial charge in [-0.25, -0.2) is 0 Å². The van der Waals surface area contributed by atoms with E-state index in [9.17, 15) is 0 Å². The van der Waals surface area contributed by atoms with Gasteiger partial charge in [-0.15, -0.1) is 0 Å². The Morgan fingerprint density at radius 2 is 1.94 bits per heavy atom. The number of anilines is 1. The second kappa shape index (κ2) is 7.01. The van der Waals surface area contributed by atoms with Gasteiger partial charge in [-0.05, 0) is 37.3 Å². The number of hydrogen-bond donors (Lipinski definition) is 2. The summed E-state index contributed by atoms with van der Waals surface area (Å²) in [6.45, 7) is 2.59. The van der Waals surface area contributed by atoms with Gasteiger partial charge in [0, 0.05) is 29.4 Å². The lowest BCUT2D eigenvalue weighted by molar-refractivity contribution is 0.121. The number of hydrogen-bond acceptors (Lipinski definition) is 2. The molecule has 1 unspecified atom stereocenters. The summed E-state index contributed by atoms with van der Waals surface area (Å²) in [6, 6.07) is 5.17. The van der Waals surface area contributed by atoms with E-state index in [4.69, 9.17) is 40.2 Å². The average Bonchev–Trinajstić information content (AvgIpc) is 2.24. The smallest absolute Gasteiger partial charge is 0.170 e. The quantitative estimate of drug-likeness (QED) is 0.834. The highest BCUT2D eigenvalue weighted by molar-refractivity contribution is 7.80. The first-order valence-corrected chi connectivity index (χ1v) is 6.21. The zero-order valence-electron chi connectivity index (χ0n) is 9.59. The monoisotopic (exact) mass is 292 g/mol. The topological polar surface area (TPSA) is 33.3 Å². The molecule has 0 radical (unpaired) electrons. The van der Waals surface area contributed by atoms with Crippen molar-refractivity contribution in [1.82, 2.24) is 5.32 Å². The first kappa shape index (κ1) is 14.5. The highest BCUT2D eigenvalue weighted by Gasteiger charge is 2.03. The highest BCUT2D eigenvalue weighted by Crippen LogP contribution is 2.22. The first-order chi connectivity index (χ1) is 8.01. The molecule has 0 fully saturated rings. The van der Waals surface area contributed by atoms with E-state index in [1.807, 2.05) is 6.92 Å². The van der Waals surface area contributed by atoms with E-state index in [1.54, 1.807) is 25.3 Å². The molecule has 94 valence electrons. The van der Waals surface area contributed by atoms with Crippen LogP contribution in [0.5, 0.6) is 0 Å². The molecular weight excluding hydrogens is 279 g/mol. The Balaban J connectivity index is 2.50. The van der Waals surface area contributed by atoms with E-state index < -0.39 is 0 Å². The maximum absolute atomic E-state index is 5.88. The Hall–Kier alpha value is -0.550. The maximum atomic E-state index is 5.88. The lowest BCUT2D eigenvalue weighted by Gasteiger charge is -2.14. The highest BCUT2D eigenvalue weighted by atomic mass is 35.5. The van der Waals surface area contributed by atoms with Gasteiger partial charge in [0.05, 0.1) is 6.10 Å². The molecule has 0 aliphatic heterocycles. The van der Waals surface area contributed by atoms with Crippen molar-refractivity contribution in [3.05, 3.63) is 28.2 Å². The van der Waals surface area contributed by atoms with Gasteiger partial charge in [-0.2, -0.15) is 0 Å². The number of thiocarbonyl (C=S) groups is 1. The zero-order chi connectivity index (χ0) is 12.8. The van der Waals surface area contributed by atoms with Crippen molar-refractivity contribution in [2.45, 2.75) is 13.0 Å². The second-order valence-corrected chi connectivity index (χ2v) is 4.82. The summed E-state index contributed by atoms with van der Waals surface area (Å²) in [6.07, 6.45) is 0.0951. The van der Waals surface area contributed by atoms with Crippen LogP contribution in [0.25, 0.3) is 0 Å². The summed E-state index contributed by atoms with van der Waals surface area (Å²) in [7, 11) is 1.65. The summed E-state index contributed by atoms with van der Waals surface area (Å²) in [5, 5.41) is 7.66. The van der Waals surface area contributed by atoms with E-state index in [0.29, 0.717) is 21.7 Å². The summed E-state index contributed by atoms with van der Waals surface area (Å²) < 4.78 is 5.10. The lowest BCUT2D eigenvalue weighted by atomic mass is 10.3. The third-order valence-corrected chi connectivity index (χ3v) is 2.76. The van der Waals surface area contributed by atoms with Crippen molar-refractivity contribution >= 4 is 46.2 Å². The molecule has 0 saturated heterocycles. The standard InChI is InChI=1S/C11H14Cl2N2OS/c1-7(16-2)6-14-11(17)15-10-4-8(12)3-9(13)5-10/h3-5,7H,6H2,1-2H3,(H2,14,15,17). The number of rotatable bonds is 4. The van der Waals surface area contributed by atoms with Crippen LogP contribution in [0.1, 0.15) is 6.92 Å². The summed E-state index contributed by atoms with van der Waals surface area (Å²) in [4.78, 5) is 0. The molecule has 3 nitrogen and oxygen atoms in total. The van der Waals surface area contributed by atoms with Crippen molar-refractivity contribution in [1.29, 1.82) is 0 Å². The van der Waals surface area contributed by atoms with Crippen LogP contribution in [-0.4, -0.2) is 24.9 Å². The van der Waals surface area contributed by atoms with E-state index in [-0.39, 0.29) is 6.10 Å². The molecule has 0 spiro atoms. The molecule has 0 aromatic heterocycles. The third kappa shape index (κ3) is 5.55. The summed E-state index contributed by atoms with van der Waals surface area (Å²) in [5.74, 6) is 0. The average molecular weight is 293 g/mol. The minimum Gasteiger partial charge on any atom is -0.380 e. The normalized spacial score (nSPS) is 12.0. The fourth-order valence-electron chi connectivity index (χ4n) is 1.12. The van der Waals surface area contributed by atoms with Crippen molar-refractivity contribution in [3.8, 4) is 0 Å². The van der Waals surface area contributed by atoms with Crippen LogP contribution < -0.4 is 10.6 Å². The Bertz CT molecular complexity index is 381. The Morgan fingerprint density at radius 3 is 2.47 bits per heavy atom. The molecule has 0 aliphatic carbocycles. The second-order valence-electron chi connectivity index (χ2n) is 3.54. The lowest BCUT2D eigenvalue weighted by Crippen LogP contribution is -2.34. The minimum atomic E-state index is 0.0951. The van der Waals surface area contributed by atoms with Gasteiger partial charge >= 0.3 is 0 Å². The van der Waals surface area contributed by atoms with Gasteiger partial charge in [0.15, 0.2) is 5.11 Å². The molecule has 2 N–H and O–H groups in total. The predicted octanol–water partition coefficient (Wildman–Crippen LogP) is 3.31. The van der Waals surface area contributed by atoms with Gasteiger partial charge in [-0.1, -0.05) is 23.2 Å². The fraction of sp³-hybridized carbons (Fsp3) is 0.364. The van der Waals surface area contributed by atoms with Gasteiger partial charge in [0.25, 0.3) is 0 Å². The fourth-order valence-corrected chi connectivity index (χ4v) is 1.85. The summed E-state index contributed by atoms with van der Waals surface area (Å²) >= 11 is 16.9. The number of ether oxygens (including phenoxy) is 1. The molecule has 1 rings (SSSR count). The molecule has 1 aromatic carbocycles. The molecule has 0 amide bonds. The molecule has 0 heterocycles. The van der Waals surface area contributed by atoms with Gasteiger partial charge in [0.2, 0.25) is 0 Å². The number of methoxy groups -OCH3 is 1. The van der Waals surface area contributed by atoms with Crippen LogP contribution in [0, 0.1) is 0 Å². The number of benzene rings is 1. The molecule has 6 heteroatoms. The van der Waals surface area contributed by atoms with E-state index >= 15 is 0 Å². The number of nitrogens with one attached hydrogen (secondary N) is 2. The Morgan fingerprint density at radius 1 is 1.35 bits per heavy atom. The minimum absolute atomic E-state index is 0.0951. The SMILES string of the molecule is COC(C)CNC(=S)Nc1cc(Cl)cc(Cl)c1. The number of halogens is 2. The molecule has 1 atom stereocenters. The van der Waals surface area contributed by atoms with Crippen LogP contribution in [-0.2, 0) is 4.74 Å². The van der Waals surface area contributed by atoms with Crippen LogP contribution in [0.4, 0.5) is 5.69 Å². The predicted molar refractivity (Wildman–Crippen MR) is 77.2 cm³/mol. The van der Waals surface area contributed by atoms with Crippen molar-refractivity contribution in [3.63, 3.8) is 0 Å². The van der Waals surface area contributed by atoms with E-state index in [0.717, 1.165) is 5.69 Å². The molecule has 1 aromatic rings. The van der Waals surface area contributed by atoms with Crippen molar-refractivity contribution < 1.29 is 4.74 Å². The maximum Gasteiger partial charge on any atom is 0.170 e. The first-order valence-electron chi connectivity index (χ1n) is 5.05. The Labute approximate surface area is 116 Å². The Kier molecular flexibility index (Phi) is 5.98. The van der Waals surface area contributed by atoms with E-state index in [2.05, 4.69) is 10.6 Å². The van der Waals surface area contributed by atoms with Crippen molar-refractivity contribution in [2.24, 2.45) is 0 Å². The zero-order valence-corrected chi connectivity index (χ0v) is 11.9. The van der Waals surface area contributed by atoms with Crippen LogP contribution in [0.15, 0.2) is 18.2 Å². The third-order valence-electron chi connectivity index (χ3n) is 2.07. The molecule has 0 saturated carbocycles. The molecular formula is C11H14Cl2N2OS. The molecule has 0 aliphatic rings. The molecule has 0 bridgehead atoms. The van der Waals surface area contributed by atoms with Gasteiger partial charge in [0.1, 0.15) is 0 Å². The van der Waals surface area contributed by atoms with Crippen molar-refractivity contribution in [2.75, 3.05) is 19.0 Å². The van der Waals surface area contributed by atoms with E-state index in [1.165, 1.54) is 0 Å². The van der Waals surface area contributed by atoms with Crippen LogP contribution in [0.2, 0.25) is 10.0 Å². The molecule has 17 heavy (non-hydrogen) atoms. The van der Waals surface area contributed by atoms with Gasteiger partial charge < -0.3 is 15.4 Å². The largest absolute Gasteiger partial charge is 0.380 e. The van der Waals surface area contributed by atoms with Crippen LogP contribution in [0.3, 0.4) is 0 Å². The van der Waals surface area contributed by atoms with Crippen LogP contribution >= 0.6 is 35.4 Å².